The van der Waals surface area contributed by atoms with Crippen LogP contribution in [0.2, 0.25) is 0 Å². The van der Waals surface area contributed by atoms with Crippen molar-refractivity contribution in [3.8, 4) is 5.75 Å². The molecule has 0 saturated carbocycles. The number of phenols is 1. The van der Waals surface area contributed by atoms with Crippen LogP contribution in [0.3, 0.4) is 0 Å². The summed E-state index contributed by atoms with van der Waals surface area (Å²) in [5, 5.41) is 25.1. The Balaban J connectivity index is 1.74. The Bertz CT molecular complexity index is 768. The fraction of sp³-hybridized carbons (Fsp3) is 0.278. The average molecular weight is 340 g/mol. The van der Waals surface area contributed by atoms with Crippen LogP contribution in [0.15, 0.2) is 42.7 Å². The lowest BCUT2D eigenvalue weighted by atomic mass is 9.89. The minimum absolute atomic E-state index is 0.207. The molecule has 3 rings (SSSR count). The van der Waals surface area contributed by atoms with Gasteiger partial charge in [0.2, 0.25) is 0 Å². The minimum atomic E-state index is -1.02. The minimum Gasteiger partial charge on any atom is -0.508 e. The van der Waals surface area contributed by atoms with E-state index in [0.29, 0.717) is 11.5 Å². The molecular weight excluding hydrogens is 320 g/mol. The maximum absolute atomic E-state index is 10.5. The average Bonchev–Trinajstić information content (AvgIpc) is 3.02. The third-order valence-corrected chi connectivity index (χ3v) is 4.16. The zero-order valence-electron chi connectivity index (χ0n) is 13.6. The van der Waals surface area contributed by atoms with Gasteiger partial charge in [0.05, 0.1) is 23.6 Å². The first-order valence-electron chi connectivity index (χ1n) is 8.05. The van der Waals surface area contributed by atoms with E-state index in [1.807, 2.05) is 12.1 Å². The molecule has 1 aliphatic rings. The van der Waals surface area contributed by atoms with E-state index >= 15 is 0 Å². The van der Waals surface area contributed by atoms with Gasteiger partial charge in [-0.15, -0.1) is 0 Å². The summed E-state index contributed by atoms with van der Waals surface area (Å²) in [6, 6.07) is 7.26. The van der Waals surface area contributed by atoms with Crippen molar-refractivity contribution >= 4 is 17.9 Å². The van der Waals surface area contributed by atoms with Gasteiger partial charge >= 0.3 is 5.97 Å². The standard InChI is InChI=1S/C18H20N4O3/c23-15-3-1-2-13(8-15)9-18(6-7-19-12-18)22-16-11-20-14(10-21-16)4-5-17(24)25/h1-5,8,10-11,19,23H,6-7,9,12H2,(H,21,22)(H,24,25)/b5-4+/t18-/m0/s1. The van der Waals surface area contributed by atoms with E-state index < -0.39 is 5.97 Å². The van der Waals surface area contributed by atoms with Crippen molar-refractivity contribution in [1.82, 2.24) is 15.3 Å². The predicted octanol–water partition coefficient (Wildman–Crippen LogP) is 1.67. The van der Waals surface area contributed by atoms with E-state index in [1.165, 1.54) is 12.3 Å². The van der Waals surface area contributed by atoms with Crippen molar-refractivity contribution in [2.45, 2.75) is 18.4 Å². The van der Waals surface area contributed by atoms with Crippen molar-refractivity contribution in [1.29, 1.82) is 0 Å². The SMILES string of the molecule is O=C(O)/C=C/c1cnc(N[C@]2(Cc3cccc(O)c3)CCNC2)cn1. The van der Waals surface area contributed by atoms with Gasteiger partial charge < -0.3 is 20.8 Å². The smallest absolute Gasteiger partial charge is 0.328 e. The Kier molecular flexibility index (Phi) is 4.95. The van der Waals surface area contributed by atoms with E-state index in [9.17, 15) is 9.90 Å². The van der Waals surface area contributed by atoms with Crippen LogP contribution in [0, 0.1) is 0 Å². The molecule has 1 aliphatic heterocycles. The molecular formula is C18H20N4O3. The van der Waals surface area contributed by atoms with E-state index in [-0.39, 0.29) is 11.3 Å². The lowest BCUT2D eigenvalue weighted by Gasteiger charge is -2.30. The van der Waals surface area contributed by atoms with Crippen LogP contribution in [0.4, 0.5) is 5.82 Å². The highest BCUT2D eigenvalue weighted by molar-refractivity contribution is 5.84. The fourth-order valence-corrected chi connectivity index (χ4v) is 3.02. The Morgan fingerprint density at radius 3 is 2.88 bits per heavy atom. The number of hydrogen-bond acceptors (Lipinski definition) is 6. The van der Waals surface area contributed by atoms with Crippen LogP contribution < -0.4 is 10.6 Å². The van der Waals surface area contributed by atoms with Crippen LogP contribution >= 0.6 is 0 Å². The van der Waals surface area contributed by atoms with Gasteiger partial charge in [-0.2, -0.15) is 0 Å². The number of nitrogens with one attached hydrogen (secondary N) is 2. The lowest BCUT2D eigenvalue weighted by Crippen LogP contribution is -2.43. The number of carbonyl (C=O) groups is 1. The maximum atomic E-state index is 10.5. The molecule has 1 atom stereocenters. The number of phenolic OH excluding ortho intramolecular Hbond substituents is 1. The van der Waals surface area contributed by atoms with Crippen LogP contribution in [0.25, 0.3) is 6.08 Å². The Morgan fingerprint density at radius 2 is 2.24 bits per heavy atom. The second kappa shape index (κ2) is 7.31. The molecule has 0 amide bonds. The molecule has 2 aromatic rings. The number of aliphatic carboxylic acids is 1. The number of hydrogen-bond donors (Lipinski definition) is 4. The van der Waals surface area contributed by atoms with Crippen molar-refractivity contribution < 1.29 is 15.0 Å². The summed E-state index contributed by atoms with van der Waals surface area (Å²) in [4.78, 5) is 19.1. The number of aromatic hydroxyl groups is 1. The highest BCUT2D eigenvalue weighted by atomic mass is 16.4. The predicted molar refractivity (Wildman–Crippen MR) is 94.4 cm³/mol. The number of rotatable bonds is 6. The molecule has 1 fully saturated rings. The summed E-state index contributed by atoms with van der Waals surface area (Å²) in [5.74, 6) is -0.129. The first-order valence-corrected chi connectivity index (χ1v) is 8.05. The Labute approximate surface area is 145 Å². The van der Waals surface area contributed by atoms with Gasteiger partial charge in [-0.3, -0.25) is 4.98 Å². The molecule has 130 valence electrons. The molecule has 7 heteroatoms. The van der Waals surface area contributed by atoms with Crippen molar-refractivity contribution in [2.75, 3.05) is 18.4 Å². The normalized spacial score (nSPS) is 20.0. The fourth-order valence-electron chi connectivity index (χ4n) is 3.02. The zero-order chi connectivity index (χ0) is 17.7. The molecule has 4 N–H and O–H groups in total. The van der Waals surface area contributed by atoms with E-state index in [0.717, 1.165) is 37.6 Å². The van der Waals surface area contributed by atoms with Gasteiger partial charge in [0.25, 0.3) is 0 Å². The summed E-state index contributed by atoms with van der Waals surface area (Å²) >= 11 is 0. The summed E-state index contributed by atoms with van der Waals surface area (Å²) in [5.41, 5.74) is 1.32. The second-order valence-corrected chi connectivity index (χ2v) is 6.18. The van der Waals surface area contributed by atoms with Gasteiger partial charge in [0.1, 0.15) is 11.6 Å². The van der Waals surface area contributed by atoms with Crippen LogP contribution in [0.1, 0.15) is 17.7 Å². The van der Waals surface area contributed by atoms with Crippen molar-refractivity contribution in [3.63, 3.8) is 0 Å². The summed E-state index contributed by atoms with van der Waals surface area (Å²) in [7, 11) is 0. The molecule has 0 aliphatic carbocycles. The van der Waals surface area contributed by atoms with Crippen LogP contribution in [0.5, 0.6) is 5.75 Å². The molecule has 1 aromatic heterocycles. The topological polar surface area (TPSA) is 107 Å². The molecule has 2 heterocycles. The molecule has 1 saturated heterocycles. The maximum Gasteiger partial charge on any atom is 0.328 e. The third kappa shape index (κ3) is 4.54. The lowest BCUT2D eigenvalue weighted by molar-refractivity contribution is -0.131. The summed E-state index contributed by atoms with van der Waals surface area (Å²) < 4.78 is 0. The number of nitrogens with zero attached hydrogens (tertiary/aromatic N) is 2. The van der Waals surface area contributed by atoms with Gasteiger partial charge in [-0.25, -0.2) is 9.78 Å². The first kappa shape index (κ1) is 16.9. The van der Waals surface area contributed by atoms with Crippen molar-refractivity contribution in [3.05, 3.63) is 54.0 Å². The van der Waals surface area contributed by atoms with Crippen LogP contribution in [-0.4, -0.2) is 44.8 Å². The molecule has 0 unspecified atom stereocenters. The highest BCUT2D eigenvalue weighted by Gasteiger charge is 2.34. The number of benzene rings is 1. The van der Waals surface area contributed by atoms with E-state index in [1.54, 1.807) is 18.3 Å². The first-order chi connectivity index (χ1) is 12.0. The number of anilines is 1. The van der Waals surface area contributed by atoms with Crippen LogP contribution in [-0.2, 0) is 11.2 Å². The van der Waals surface area contributed by atoms with Crippen molar-refractivity contribution in [2.24, 2.45) is 0 Å². The Hall–Kier alpha value is -2.93. The van der Waals surface area contributed by atoms with E-state index in [2.05, 4.69) is 20.6 Å². The number of carboxylic acid groups (broad SMARTS) is 1. The highest BCUT2D eigenvalue weighted by Crippen LogP contribution is 2.26. The molecule has 0 radical (unpaired) electrons. The summed E-state index contributed by atoms with van der Waals surface area (Å²) in [6.45, 7) is 1.68. The van der Waals surface area contributed by atoms with Gasteiger partial charge in [-0.1, -0.05) is 12.1 Å². The molecule has 0 spiro atoms. The van der Waals surface area contributed by atoms with Gasteiger partial charge in [0, 0.05) is 12.6 Å². The molecule has 25 heavy (non-hydrogen) atoms. The zero-order valence-corrected chi connectivity index (χ0v) is 13.6. The number of aromatic nitrogens is 2. The molecule has 1 aromatic carbocycles. The Morgan fingerprint density at radius 1 is 1.36 bits per heavy atom. The van der Waals surface area contributed by atoms with E-state index in [4.69, 9.17) is 5.11 Å². The molecule has 7 nitrogen and oxygen atoms in total. The second-order valence-electron chi connectivity index (χ2n) is 6.18. The largest absolute Gasteiger partial charge is 0.508 e. The number of carboxylic acids is 1. The van der Waals surface area contributed by atoms with Gasteiger partial charge in [-0.05, 0) is 43.2 Å². The molecule has 0 bridgehead atoms. The third-order valence-electron chi connectivity index (χ3n) is 4.16. The quantitative estimate of drug-likeness (QED) is 0.592. The monoisotopic (exact) mass is 340 g/mol. The van der Waals surface area contributed by atoms with Gasteiger partial charge in [0.15, 0.2) is 0 Å². The summed E-state index contributed by atoms with van der Waals surface area (Å²) in [6.07, 6.45) is 7.23.